The number of nitrogens with zero attached hydrogens (tertiary/aromatic N) is 1. The Morgan fingerprint density at radius 3 is 2.71 bits per heavy atom. The highest BCUT2D eigenvalue weighted by atomic mass is 35.5. The van der Waals surface area contributed by atoms with E-state index in [4.69, 9.17) is 16.7 Å². The van der Waals surface area contributed by atoms with E-state index in [0.29, 0.717) is 21.2 Å². The highest BCUT2D eigenvalue weighted by molar-refractivity contribution is 7.11. The van der Waals surface area contributed by atoms with E-state index in [2.05, 4.69) is 10.3 Å². The van der Waals surface area contributed by atoms with Crippen LogP contribution in [0.1, 0.15) is 33.4 Å². The lowest BCUT2D eigenvalue weighted by molar-refractivity contribution is -0.137. The lowest BCUT2D eigenvalue weighted by atomic mass is 10.0. The van der Waals surface area contributed by atoms with Crippen LogP contribution in [0.2, 0.25) is 5.02 Å². The van der Waals surface area contributed by atoms with Crippen LogP contribution in [0.5, 0.6) is 0 Å². The zero-order valence-corrected chi connectivity index (χ0v) is 12.7. The van der Waals surface area contributed by atoms with Gasteiger partial charge in [-0.25, -0.2) is 4.98 Å². The summed E-state index contributed by atoms with van der Waals surface area (Å²) in [7, 11) is 0. The quantitative estimate of drug-likeness (QED) is 0.886. The number of aliphatic carboxylic acids is 1. The van der Waals surface area contributed by atoms with Crippen molar-refractivity contribution in [3.8, 4) is 0 Å². The molecule has 7 heteroatoms. The van der Waals surface area contributed by atoms with E-state index >= 15 is 0 Å². The number of thiazole rings is 1. The number of carbonyl (C=O) groups is 2. The summed E-state index contributed by atoms with van der Waals surface area (Å²) in [5.74, 6) is -1.36. The Bertz CT molecular complexity index is 672. The second kappa shape index (κ2) is 6.69. The summed E-state index contributed by atoms with van der Waals surface area (Å²) in [6, 6.07) is 6.18. The van der Waals surface area contributed by atoms with Crippen LogP contribution in [-0.4, -0.2) is 22.0 Å². The van der Waals surface area contributed by atoms with Crippen LogP contribution in [0.15, 0.2) is 29.8 Å². The summed E-state index contributed by atoms with van der Waals surface area (Å²) in [6.07, 6.45) is -0.243. The fourth-order valence-corrected chi connectivity index (χ4v) is 2.89. The maximum Gasteiger partial charge on any atom is 0.305 e. The Labute approximate surface area is 130 Å². The lowest BCUT2D eigenvalue weighted by Gasteiger charge is -2.18. The van der Waals surface area contributed by atoms with Gasteiger partial charge in [0.1, 0.15) is 4.88 Å². The van der Waals surface area contributed by atoms with Crippen molar-refractivity contribution in [2.75, 3.05) is 0 Å². The van der Waals surface area contributed by atoms with Gasteiger partial charge >= 0.3 is 5.97 Å². The number of carboxylic acids is 1. The van der Waals surface area contributed by atoms with Gasteiger partial charge in [0.05, 0.1) is 23.7 Å². The molecular formula is C14H13ClN2O3S. The van der Waals surface area contributed by atoms with Gasteiger partial charge in [0.15, 0.2) is 0 Å². The number of rotatable bonds is 5. The summed E-state index contributed by atoms with van der Waals surface area (Å²) in [5, 5.41) is 12.2. The highest BCUT2D eigenvalue weighted by Crippen LogP contribution is 2.26. The summed E-state index contributed by atoms with van der Waals surface area (Å²) in [4.78, 5) is 27.7. The molecule has 0 saturated heterocycles. The third-order valence-electron chi connectivity index (χ3n) is 2.92. The average molecular weight is 325 g/mol. The Hall–Kier alpha value is -1.92. The van der Waals surface area contributed by atoms with Crippen molar-refractivity contribution in [1.29, 1.82) is 0 Å². The lowest BCUT2D eigenvalue weighted by Crippen LogP contribution is -2.30. The minimum Gasteiger partial charge on any atom is -0.481 e. The number of benzene rings is 1. The zero-order valence-electron chi connectivity index (χ0n) is 11.2. The number of halogens is 1. The number of carboxylic acid groups (broad SMARTS) is 1. The second-order valence-corrected chi connectivity index (χ2v) is 5.67. The van der Waals surface area contributed by atoms with Crippen molar-refractivity contribution in [2.24, 2.45) is 0 Å². The van der Waals surface area contributed by atoms with E-state index in [1.54, 1.807) is 36.7 Å². The molecule has 0 aliphatic heterocycles. The minimum absolute atomic E-state index is 0.243. The number of nitrogens with one attached hydrogen (secondary N) is 1. The Kier molecular flexibility index (Phi) is 4.93. The Morgan fingerprint density at radius 2 is 2.14 bits per heavy atom. The fourth-order valence-electron chi connectivity index (χ4n) is 1.91. The van der Waals surface area contributed by atoms with E-state index in [0.717, 1.165) is 0 Å². The molecule has 1 atom stereocenters. The van der Waals surface area contributed by atoms with Crippen LogP contribution >= 0.6 is 22.9 Å². The van der Waals surface area contributed by atoms with Crippen LogP contribution in [0, 0.1) is 6.92 Å². The van der Waals surface area contributed by atoms with Gasteiger partial charge in [0, 0.05) is 5.02 Å². The second-order valence-electron chi connectivity index (χ2n) is 4.41. The topological polar surface area (TPSA) is 79.3 Å². The molecule has 1 amide bonds. The van der Waals surface area contributed by atoms with Crippen molar-refractivity contribution in [1.82, 2.24) is 10.3 Å². The van der Waals surface area contributed by atoms with Gasteiger partial charge in [-0.15, -0.1) is 11.3 Å². The molecule has 1 heterocycles. The first-order valence-electron chi connectivity index (χ1n) is 6.16. The van der Waals surface area contributed by atoms with E-state index in [1.807, 2.05) is 0 Å². The monoisotopic (exact) mass is 324 g/mol. The predicted molar refractivity (Wildman–Crippen MR) is 80.8 cm³/mol. The van der Waals surface area contributed by atoms with E-state index in [9.17, 15) is 9.59 Å². The van der Waals surface area contributed by atoms with Crippen LogP contribution < -0.4 is 5.32 Å². The first-order valence-corrected chi connectivity index (χ1v) is 7.42. The number of hydrogen-bond acceptors (Lipinski definition) is 4. The molecule has 2 N–H and O–H groups in total. The molecule has 0 saturated carbocycles. The van der Waals surface area contributed by atoms with Crippen LogP contribution in [-0.2, 0) is 4.79 Å². The number of aromatic nitrogens is 1. The van der Waals surface area contributed by atoms with Crippen molar-refractivity contribution in [2.45, 2.75) is 19.4 Å². The molecule has 1 aromatic heterocycles. The molecule has 1 aromatic carbocycles. The maximum atomic E-state index is 12.2. The van der Waals surface area contributed by atoms with E-state index < -0.39 is 12.0 Å². The van der Waals surface area contributed by atoms with E-state index in [-0.39, 0.29) is 12.3 Å². The molecule has 0 bridgehead atoms. The van der Waals surface area contributed by atoms with Crippen LogP contribution in [0.3, 0.4) is 0 Å². The molecule has 0 spiro atoms. The SMILES string of the molecule is Cc1ncsc1C(=O)NC(CC(=O)O)c1ccccc1Cl. The average Bonchev–Trinajstić information content (AvgIpc) is 2.84. The standard InChI is InChI=1S/C14H13ClN2O3S/c1-8-13(21-7-16-8)14(20)17-11(6-12(18)19)9-4-2-3-5-10(9)15/h2-5,7,11H,6H2,1H3,(H,17,20)(H,18,19). The molecule has 1 unspecified atom stereocenters. The van der Waals surface area contributed by atoms with Gasteiger partial charge in [-0.1, -0.05) is 29.8 Å². The number of amides is 1. The normalized spacial score (nSPS) is 11.9. The summed E-state index contributed by atoms with van der Waals surface area (Å²) in [6.45, 7) is 1.73. The Morgan fingerprint density at radius 1 is 1.43 bits per heavy atom. The van der Waals surface area contributed by atoms with Gasteiger partial charge in [0.25, 0.3) is 5.91 Å². The predicted octanol–water partition coefficient (Wildman–Crippen LogP) is 3.05. The minimum atomic E-state index is -1.01. The molecule has 0 aliphatic carbocycles. The van der Waals surface area contributed by atoms with E-state index in [1.165, 1.54) is 11.3 Å². The molecular weight excluding hydrogens is 312 g/mol. The maximum absolute atomic E-state index is 12.2. The molecule has 21 heavy (non-hydrogen) atoms. The van der Waals surface area contributed by atoms with Gasteiger partial charge < -0.3 is 10.4 Å². The van der Waals surface area contributed by atoms with Crippen molar-refractivity contribution in [3.63, 3.8) is 0 Å². The third-order valence-corrected chi connectivity index (χ3v) is 4.19. The molecule has 110 valence electrons. The van der Waals surface area contributed by atoms with Gasteiger partial charge in [-0.3, -0.25) is 9.59 Å². The van der Waals surface area contributed by atoms with Crippen molar-refractivity contribution >= 4 is 34.8 Å². The number of hydrogen-bond donors (Lipinski definition) is 2. The van der Waals surface area contributed by atoms with Gasteiger partial charge in [-0.2, -0.15) is 0 Å². The summed E-state index contributed by atoms with van der Waals surface area (Å²) in [5.41, 5.74) is 2.77. The summed E-state index contributed by atoms with van der Waals surface area (Å²) >= 11 is 7.30. The van der Waals surface area contributed by atoms with Gasteiger partial charge in [0.2, 0.25) is 0 Å². The largest absolute Gasteiger partial charge is 0.481 e. The summed E-state index contributed by atoms with van der Waals surface area (Å²) < 4.78 is 0. The number of carbonyl (C=O) groups excluding carboxylic acids is 1. The highest BCUT2D eigenvalue weighted by Gasteiger charge is 2.22. The molecule has 0 aliphatic rings. The first-order chi connectivity index (χ1) is 9.99. The molecule has 2 rings (SSSR count). The van der Waals surface area contributed by atoms with Crippen molar-refractivity contribution in [3.05, 3.63) is 50.9 Å². The third kappa shape index (κ3) is 3.80. The zero-order chi connectivity index (χ0) is 15.4. The molecule has 2 aromatic rings. The molecule has 0 fully saturated rings. The van der Waals surface area contributed by atoms with Crippen molar-refractivity contribution < 1.29 is 14.7 Å². The van der Waals surface area contributed by atoms with Crippen LogP contribution in [0.4, 0.5) is 0 Å². The molecule has 0 radical (unpaired) electrons. The molecule has 5 nitrogen and oxygen atoms in total. The van der Waals surface area contributed by atoms with Gasteiger partial charge in [-0.05, 0) is 18.6 Å². The Balaban J connectivity index is 2.25. The first kappa shape index (κ1) is 15.5. The van der Waals surface area contributed by atoms with Crippen LogP contribution in [0.25, 0.3) is 0 Å². The number of aryl methyl sites for hydroxylation is 1. The fraction of sp³-hybridized carbons (Fsp3) is 0.214. The smallest absolute Gasteiger partial charge is 0.305 e.